The molecule has 3 aromatic carbocycles. The van der Waals surface area contributed by atoms with Crippen LogP contribution >= 0.6 is 0 Å². The summed E-state index contributed by atoms with van der Waals surface area (Å²) in [5.41, 5.74) is 3.46. The molecule has 1 aliphatic carbocycles. The number of amides is 2. The zero-order valence-corrected chi connectivity index (χ0v) is 19.1. The molecule has 2 N–H and O–H groups in total. The molecule has 35 heavy (non-hydrogen) atoms. The van der Waals surface area contributed by atoms with Crippen LogP contribution in [0.3, 0.4) is 0 Å². The van der Waals surface area contributed by atoms with Crippen molar-refractivity contribution in [2.45, 2.75) is 38.8 Å². The maximum atomic E-state index is 14.0. The third-order valence-electron chi connectivity index (χ3n) is 6.81. The number of carbonyl (C=O) groups excluding carboxylic acids is 2. The Kier molecular flexibility index (Phi) is 5.84. The first-order valence-corrected chi connectivity index (χ1v) is 11.6. The summed E-state index contributed by atoms with van der Waals surface area (Å²) in [6.45, 7) is 0.613. The number of hydrogen-bond acceptors (Lipinski definition) is 3. The second kappa shape index (κ2) is 8.98. The molecule has 178 valence electrons. The smallest absolute Gasteiger partial charge is 0.309 e. The lowest BCUT2D eigenvalue weighted by Gasteiger charge is -2.16. The third-order valence-corrected chi connectivity index (χ3v) is 6.81. The summed E-state index contributed by atoms with van der Waals surface area (Å²) in [5.74, 6) is -1.48. The highest BCUT2D eigenvalue weighted by molar-refractivity contribution is 5.98. The van der Waals surface area contributed by atoms with Gasteiger partial charge in [-0.25, -0.2) is 4.39 Å². The van der Waals surface area contributed by atoms with Crippen molar-refractivity contribution in [3.8, 4) is 0 Å². The van der Waals surface area contributed by atoms with Crippen molar-refractivity contribution in [1.29, 1.82) is 0 Å². The lowest BCUT2D eigenvalue weighted by molar-refractivity contribution is -0.143. The lowest BCUT2D eigenvalue weighted by Crippen LogP contribution is -2.23. The number of fused-ring (bicyclic) bond motifs is 1. The van der Waals surface area contributed by atoms with Crippen molar-refractivity contribution in [3.63, 3.8) is 0 Å². The van der Waals surface area contributed by atoms with Gasteiger partial charge in [0.1, 0.15) is 5.82 Å². The van der Waals surface area contributed by atoms with Gasteiger partial charge in [-0.15, -0.1) is 0 Å². The maximum Gasteiger partial charge on any atom is 0.309 e. The summed E-state index contributed by atoms with van der Waals surface area (Å²) in [5, 5.41) is 12.3. The van der Waals surface area contributed by atoms with E-state index in [4.69, 9.17) is 0 Å². The van der Waals surface area contributed by atoms with Crippen molar-refractivity contribution in [3.05, 3.63) is 100 Å². The third kappa shape index (κ3) is 4.80. The van der Waals surface area contributed by atoms with Crippen LogP contribution in [-0.2, 0) is 35.5 Å². The van der Waals surface area contributed by atoms with E-state index in [2.05, 4.69) is 5.32 Å². The van der Waals surface area contributed by atoms with E-state index in [0.717, 1.165) is 16.7 Å². The molecule has 1 heterocycles. The van der Waals surface area contributed by atoms with Crippen LogP contribution in [0.2, 0.25) is 0 Å². The average molecular weight is 473 g/mol. The normalized spacial score (nSPS) is 15.6. The number of benzene rings is 3. The van der Waals surface area contributed by atoms with Gasteiger partial charge >= 0.3 is 5.97 Å². The van der Waals surface area contributed by atoms with Gasteiger partial charge in [0.05, 0.1) is 18.4 Å². The highest BCUT2D eigenvalue weighted by atomic mass is 19.1. The first-order chi connectivity index (χ1) is 16.8. The van der Waals surface area contributed by atoms with E-state index in [9.17, 15) is 23.9 Å². The van der Waals surface area contributed by atoms with Crippen LogP contribution in [0.25, 0.3) is 0 Å². The Hall–Kier alpha value is -4.00. The fourth-order valence-electron chi connectivity index (χ4n) is 4.62. The minimum absolute atomic E-state index is 0.171. The van der Waals surface area contributed by atoms with E-state index in [0.29, 0.717) is 42.6 Å². The van der Waals surface area contributed by atoms with E-state index < -0.39 is 11.4 Å². The number of halogens is 1. The van der Waals surface area contributed by atoms with Crippen molar-refractivity contribution in [2.24, 2.45) is 5.41 Å². The monoisotopic (exact) mass is 472 g/mol. The van der Waals surface area contributed by atoms with Crippen molar-refractivity contribution in [2.75, 3.05) is 5.32 Å². The van der Waals surface area contributed by atoms with Gasteiger partial charge in [0.2, 0.25) is 5.91 Å². The Morgan fingerprint density at radius 3 is 2.37 bits per heavy atom. The Labute approximate surface area is 202 Å². The summed E-state index contributed by atoms with van der Waals surface area (Å²) in [4.78, 5) is 38.2. The average Bonchev–Trinajstić information content (AvgIpc) is 3.54. The molecule has 0 bridgehead atoms. The topological polar surface area (TPSA) is 86.7 Å². The van der Waals surface area contributed by atoms with Crippen LogP contribution in [0.4, 0.5) is 10.1 Å². The van der Waals surface area contributed by atoms with E-state index in [1.54, 1.807) is 23.1 Å². The molecule has 0 spiro atoms. The van der Waals surface area contributed by atoms with Gasteiger partial charge in [0.15, 0.2) is 0 Å². The Balaban J connectivity index is 1.17. The summed E-state index contributed by atoms with van der Waals surface area (Å²) >= 11 is 0. The molecular formula is C28H25FN2O4. The minimum atomic E-state index is -0.763. The van der Waals surface area contributed by atoms with Crippen LogP contribution in [0.15, 0.2) is 66.7 Å². The zero-order valence-electron chi connectivity index (χ0n) is 19.1. The van der Waals surface area contributed by atoms with Gasteiger partial charge in [-0.2, -0.15) is 0 Å². The molecule has 6 nitrogen and oxygen atoms in total. The number of aliphatic carboxylic acids is 1. The predicted molar refractivity (Wildman–Crippen MR) is 128 cm³/mol. The Morgan fingerprint density at radius 2 is 1.69 bits per heavy atom. The van der Waals surface area contributed by atoms with Gasteiger partial charge in [0, 0.05) is 23.4 Å². The quantitative estimate of drug-likeness (QED) is 0.503. The number of nitrogens with zero attached hydrogens (tertiary/aromatic N) is 1. The molecule has 1 saturated carbocycles. The largest absolute Gasteiger partial charge is 0.481 e. The molecule has 3 aromatic rings. The second-order valence-corrected chi connectivity index (χ2v) is 9.43. The summed E-state index contributed by atoms with van der Waals surface area (Å²) in [7, 11) is 0. The predicted octanol–water partition coefficient (Wildman–Crippen LogP) is 4.57. The second-order valence-electron chi connectivity index (χ2n) is 9.43. The molecule has 1 fully saturated rings. The van der Waals surface area contributed by atoms with Crippen LogP contribution in [0, 0.1) is 11.2 Å². The van der Waals surface area contributed by atoms with E-state index >= 15 is 0 Å². The molecule has 0 aromatic heterocycles. The molecule has 1 aliphatic heterocycles. The zero-order chi connectivity index (χ0) is 24.6. The van der Waals surface area contributed by atoms with Gasteiger partial charge in [0.25, 0.3) is 5.91 Å². The number of carboxylic acids is 1. The molecule has 5 rings (SSSR count). The van der Waals surface area contributed by atoms with Crippen LogP contribution in [0.5, 0.6) is 0 Å². The van der Waals surface area contributed by atoms with Crippen molar-refractivity contribution >= 4 is 23.5 Å². The number of hydrogen-bond donors (Lipinski definition) is 2. The molecule has 0 atom stereocenters. The van der Waals surface area contributed by atoms with Crippen LogP contribution in [-0.4, -0.2) is 27.8 Å². The number of carbonyl (C=O) groups is 3. The first kappa shape index (κ1) is 22.8. The van der Waals surface area contributed by atoms with Crippen LogP contribution < -0.4 is 5.32 Å². The van der Waals surface area contributed by atoms with E-state index in [-0.39, 0.29) is 30.6 Å². The summed E-state index contributed by atoms with van der Waals surface area (Å²) in [6.07, 6.45) is 2.02. The van der Waals surface area contributed by atoms with Gasteiger partial charge in [-0.05, 0) is 60.2 Å². The number of rotatable bonds is 8. The molecule has 7 heteroatoms. The molecular weight excluding hydrogens is 447 g/mol. The van der Waals surface area contributed by atoms with E-state index in [1.807, 2.05) is 42.5 Å². The fourth-order valence-corrected chi connectivity index (χ4v) is 4.62. The van der Waals surface area contributed by atoms with Gasteiger partial charge < -0.3 is 15.3 Å². The molecule has 2 amide bonds. The van der Waals surface area contributed by atoms with Gasteiger partial charge in [-0.3, -0.25) is 14.4 Å². The minimum Gasteiger partial charge on any atom is -0.481 e. The van der Waals surface area contributed by atoms with E-state index in [1.165, 1.54) is 6.07 Å². The highest BCUT2D eigenvalue weighted by Crippen LogP contribution is 2.48. The van der Waals surface area contributed by atoms with Gasteiger partial charge in [-0.1, -0.05) is 42.5 Å². The van der Waals surface area contributed by atoms with Crippen LogP contribution in [0.1, 0.15) is 45.5 Å². The standard InChI is InChI=1S/C28H25FN2O4/c29-24-6-2-5-22-23(24)17-31(26(22)33)16-19-9-7-18(8-10-19)14-25(32)30-21-4-1-3-20(13-21)15-28(11-12-28)27(34)35/h1-10,13H,11-12,14-17H2,(H,30,32)(H,34,35). The molecule has 2 aliphatic rings. The lowest BCUT2D eigenvalue weighted by atomic mass is 9.96. The van der Waals surface area contributed by atoms with Crippen molar-refractivity contribution in [1.82, 2.24) is 4.90 Å². The highest BCUT2D eigenvalue weighted by Gasteiger charge is 2.49. The number of nitrogens with one attached hydrogen (secondary N) is 1. The fraction of sp³-hybridized carbons (Fsp3) is 0.250. The molecule has 0 unspecified atom stereocenters. The molecule has 0 saturated heterocycles. The molecule has 0 radical (unpaired) electrons. The Bertz CT molecular complexity index is 1310. The SMILES string of the molecule is O=C(Cc1ccc(CN2Cc3c(F)cccc3C2=O)cc1)Nc1cccc(CC2(C(=O)O)CC2)c1. The summed E-state index contributed by atoms with van der Waals surface area (Å²) < 4.78 is 14.0. The van der Waals surface area contributed by atoms with Crippen molar-refractivity contribution < 1.29 is 23.9 Å². The first-order valence-electron chi connectivity index (χ1n) is 11.6. The Morgan fingerprint density at radius 1 is 0.971 bits per heavy atom. The number of anilines is 1. The summed E-state index contributed by atoms with van der Waals surface area (Å²) in [6, 6.07) is 19.3. The number of carboxylic acid groups (broad SMARTS) is 1. The maximum absolute atomic E-state index is 14.0.